The molecule has 2 atom stereocenters. The number of carbonyl (C=O) groups is 2. The van der Waals surface area contributed by atoms with E-state index in [2.05, 4.69) is 19.6 Å². The molecule has 1 aromatic carbocycles. The van der Waals surface area contributed by atoms with E-state index in [9.17, 15) is 19.7 Å². The average Bonchev–Trinajstić information content (AvgIpc) is 2.67. The van der Waals surface area contributed by atoms with Crippen molar-refractivity contribution in [2.75, 3.05) is 6.61 Å². The third-order valence-corrected chi connectivity index (χ3v) is 6.97. The molecule has 0 bridgehead atoms. The van der Waals surface area contributed by atoms with Crippen LogP contribution in [0.2, 0.25) is 25.7 Å². The number of allylic oxidation sites excluding steroid dienone is 1. The minimum atomic E-state index is -1.28. The fraction of sp³-hybridized carbons (Fsp3) is 0.545. The van der Waals surface area contributed by atoms with Gasteiger partial charge in [0.25, 0.3) is 5.69 Å². The minimum absolute atomic E-state index is 0.0975. The second kappa shape index (κ2) is 10.6. The number of rotatable bonds is 7. The number of benzene rings is 1. The molecule has 0 fully saturated rings. The van der Waals surface area contributed by atoms with Crippen LogP contribution in [0.5, 0.6) is 5.75 Å². The van der Waals surface area contributed by atoms with E-state index in [1.807, 2.05) is 13.0 Å². The molecule has 0 aromatic heterocycles. The number of ether oxygens (including phenoxy) is 3. The Morgan fingerprint density at radius 3 is 2.48 bits per heavy atom. The maximum Gasteiger partial charge on any atom is 0.514 e. The lowest BCUT2D eigenvalue weighted by Gasteiger charge is -2.30. The van der Waals surface area contributed by atoms with Gasteiger partial charge in [-0.05, 0) is 56.9 Å². The van der Waals surface area contributed by atoms with Crippen molar-refractivity contribution in [3.8, 4) is 5.75 Å². The van der Waals surface area contributed by atoms with Crippen LogP contribution in [0.4, 0.5) is 10.5 Å². The number of nitro benzene ring substituents is 1. The quantitative estimate of drug-likeness (QED) is 0.135. The molecular weight excluding hydrogens is 418 g/mol. The summed E-state index contributed by atoms with van der Waals surface area (Å²) in [6.45, 7) is 9.05. The first-order chi connectivity index (χ1) is 14.5. The maximum absolute atomic E-state index is 12.7. The summed E-state index contributed by atoms with van der Waals surface area (Å²) in [5.41, 5.74) is -0.728. The van der Waals surface area contributed by atoms with Crippen LogP contribution in [-0.4, -0.2) is 37.8 Å². The van der Waals surface area contributed by atoms with Gasteiger partial charge >= 0.3 is 12.1 Å². The van der Waals surface area contributed by atoms with Crippen LogP contribution in [-0.2, 0) is 14.3 Å². The second-order valence-corrected chi connectivity index (χ2v) is 14.9. The first kappa shape index (κ1) is 24.6. The van der Waals surface area contributed by atoms with Gasteiger partial charge < -0.3 is 14.2 Å². The van der Waals surface area contributed by atoms with Gasteiger partial charge in [-0.15, -0.1) is 0 Å². The number of carbonyl (C=O) groups excluding carboxylic acids is 2. The van der Waals surface area contributed by atoms with E-state index in [0.717, 1.165) is 6.04 Å². The zero-order valence-electron chi connectivity index (χ0n) is 18.6. The monoisotopic (exact) mass is 449 g/mol. The minimum Gasteiger partial charge on any atom is -0.466 e. The largest absolute Gasteiger partial charge is 0.514 e. The van der Waals surface area contributed by atoms with E-state index in [4.69, 9.17) is 14.2 Å². The summed E-state index contributed by atoms with van der Waals surface area (Å²) in [6, 6.07) is 6.09. The van der Waals surface area contributed by atoms with Crippen LogP contribution in [0.15, 0.2) is 36.4 Å². The van der Waals surface area contributed by atoms with Crippen molar-refractivity contribution in [1.29, 1.82) is 0 Å². The Balaban J connectivity index is 1.89. The molecule has 0 aliphatic heterocycles. The molecule has 0 saturated heterocycles. The highest BCUT2D eigenvalue weighted by Crippen LogP contribution is 2.34. The number of esters is 1. The smallest absolute Gasteiger partial charge is 0.466 e. The molecule has 0 spiro atoms. The van der Waals surface area contributed by atoms with Crippen LogP contribution in [0.25, 0.3) is 0 Å². The zero-order valence-corrected chi connectivity index (χ0v) is 19.6. The summed E-state index contributed by atoms with van der Waals surface area (Å²) in [7, 11) is -1.28. The highest BCUT2D eigenvalue weighted by molar-refractivity contribution is 6.76. The summed E-state index contributed by atoms with van der Waals surface area (Å²) >= 11 is 0. The third kappa shape index (κ3) is 8.16. The van der Waals surface area contributed by atoms with Gasteiger partial charge in [-0.3, -0.25) is 14.9 Å². The van der Waals surface area contributed by atoms with E-state index in [1.54, 1.807) is 6.08 Å². The van der Waals surface area contributed by atoms with E-state index >= 15 is 0 Å². The molecule has 0 saturated carbocycles. The molecule has 1 aliphatic rings. The summed E-state index contributed by atoms with van der Waals surface area (Å²) in [6.07, 6.45) is 4.61. The number of non-ortho nitro benzene ring substituents is 1. The van der Waals surface area contributed by atoms with Gasteiger partial charge in [0, 0.05) is 20.2 Å². The second-order valence-electron chi connectivity index (χ2n) is 9.27. The van der Waals surface area contributed by atoms with Crippen molar-refractivity contribution in [2.45, 2.75) is 64.4 Å². The molecule has 170 valence electrons. The van der Waals surface area contributed by atoms with Crippen LogP contribution in [0.3, 0.4) is 0 Å². The predicted molar refractivity (Wildman–Crippen MR) is 119 cm³/mol. The van der Waals surface area contributed by atoms with E-state index in [0.29, 0.717) is 32.3 Å². The number of nitrogens with zero attached hydrogens (tertiary/aromatic N) is 1. The predicted octanol–water partition coefficient (Wildman–Crippen LogP) is 5.50. The van der Waals surface area contributed by atoms with Gasteiger partial charge in [0.05, 0.1) is 16.9 Å². The highest BCUT2D eigenvalue weighted by Gasteiger charge is 2.36. The molecule has 0 unspecified atom stereocenters. The fourth-order valence-electron chi connectivity index (χ4n) is 3.14. The molecule has 0 amide bonds. The number of hydrogen-bond donors (Lipinski definition) is 0. The molecule has 31 heavy (non-hydrogen) atoms. The first-order valence-electron chi connectivity index (χ1n) is 10.5. The van der Waals surface area contributed by atoms with E-state index in [1.165, 1.54) is 24.3 Å². The van der Waals surface area contributed by atoms with Gasteiger partial charge in [0.2, 0.25) is 0 Å². The Bertz CT molecular complexity index is 816. The van der Waals surface area contributed by atoms with E-state index in [-0.39, 0.29) is 17.4 Å². The van der Waals surface area contributed by atoms with Crippen molar-refractivity contribution < 1.29 is 28.7 Å². The van der Waals surface area contributed by atoms with Crippen LogP contribution in [0.1, 0.15) is 32.6 Å². The molecule has 9 heteroatoms. The molecule has 0 heterocycles. The number of hydrogen-bond acceptors (Lipinski definition) is 7. The van der Waals surface area contributed by atoms with Crippen LogP contribution >= 0.6 is 0 Å². The maximum atomic E-state index is 12.7. The molecule has 0 radical (unpaired) electrons. The van der Waals surface area contributed by atoms with Gasteiger partial charge in [-0.1, -0.05) is 25.7 Å². The first-order valence-corrected chi connectivity index (χ1v) is 14.2. The van der Waals surface area contributed by atoms with Gasteiger partial charge in [-0.2, -0.15) is 0 Å². The van der Waals surface area contributed by atoms with Crippen molar-refractivity contribution in [1.82, 2.24) is 0 Å². The zero-order chi connectivity index (χ0) is 23.1. The molecule has 1 aromatic rings. The van der Waals surface area contributed by atoms with Gasteiger partial charge in [0.1, 0.15) is 11.9 Å². The molecule has 1 aliphatic carbocycles. The lowest BCUT2D eigenvalue weighted by Crippen LogP contribution is -2.34. The van der Waals surface area contributed by atoms with Crippen molar-refractivity contribution in [2.24, 2.45) is 5.41 Å². The van der Waals surface area contributed by atoms with Gasteiger partial charge in [0.15, 0.2) is 0 Å². The Morgan fingerprint density at radius 2 is 1.87 bits per heavy atom. The van der Waals surface area contributed by atoms with E-state index < -0.39 is 30.7 Å². The Labute approximate surface area is 183 Å². The average molecular weight is 450 g/mol. The number of nitro groups is 1. The Kier molecular flexibility index (Phi) is 8.38. The summed E-state index contributed by atoms with van der Waals surface area (Å²) in [5.74, 6) is -0.0468. The summed E-state index contributed by atoms with van der Waals surface area (Å²) in [4.78, 5) is 35.0. The Morgan fingerprint density at radius 1 is 1.19 bits per heavy atom. The fourth-order valence-corrected chi connectivity index (χ4v) is 3.85. The van der Waals surface area contributed by atoms with Crippen molar-refractivity contribution >= 4 is 25.9 Å². The third-order valence-electron chi connectivity index (χ3n) is 5.27. The normalized spacial score (nSPS) is 22.5. The molecule has 8 nitrogen and oxygen atoms in total. The van der Waals surface area contributed by atoms with Crippen molar-refractivity contribution in [3.63, 3.8) is 0 Å². The standard InChI is InChI=1S/C22H31NO7Si/c1-22(20(24)28-15-16-31(2,3)4)13-6-5-7-18(12-14-22)29-21(25)30-19-10-8-17(9-11-19)23(26)27/h5,7-11,18H,6,12-16H2,1-4H3/b7-5-/t18-,22+/m0/s1. The van der Waals surface area contributed by atoms with Crippen molar-refractivity contribution in [3.05, 3.63) is 46.5 Å². The SMILES string of the molecule is C[C@@]1(C(=O)OCC[Si](C)(C)C)CC/C=C\[C@H](OC(=O)Oc2ccc([N+](=O)[O-])cc2)CC1. The molecule has 0 N–H and O–H groups in total. The Hall–Kier alpha value is -2.68. The molecule has 2 rings (SSSR count). The summed E-state index contributed by atoms with van der Waals surface area (Å²) in [5, 5.41) is 10.7. The van der Waals surface area contributed by atoms with Gasteiger partial charge in [-0.25, -0.2) is 4.79 Å². The topological polar surface area (TPSA) is 105 Å². The molecular formula is C22H31NO7Si. The summed E-state index contributed by atoms with van der Waals surface area (Å²) < 4.78 is 16.1. The van der Waals surface area contributed by atoms with Crippen LogP contribution in [0, 0.1) is 15.5 Å². The van der Waals surface area contributed by atoms with Crippen LogP contribution < -0.4 is 4.74 Å². The lowest BCUT2D eigenvalue weighted by molar-refractivity contribution is -0.384. The lowest BCUT2D eigenvalue weighted by atomic mass is 9.79. The highest BCUT2D eigenvalue weighted by atomic mass is 28.3.